The largest absolute Gasteiger partial charge is 0.493 e. The van der Waals surface area contributed by atoms with Crippen molar-refractivity contribution in [1.29, 1.82) is 0 Å². The highest BCUT2D eigenvalue weighted by Crippen LogP contribution is 2.44. The molecule has 1 aliphatic heterocycles. The zero-order valence-electron chi connectivity index (χ0n) is 11.9. The van der Waals surface area contributed by atoms with Crippen LogP contribution in [-0.4, -0.2) is 27.9 Å². The Morgan fingerprint density at radius 2 is 1.68 bits per heavy atom. The smallest absolute Gasteiger partial charge is 0.203 e. The molecule has 0 amide bonds. The highest BCUT2D eigenvalue weighted by atomic mass is 16.5. The van der Waals surface area contributed by atoms with E-state index in [4.69, 9.17) is 18.9 Å². The fraction of sp³-hybridized carbons (Fsp3) is 0.467. The molecule has 0 spiro atoms. The monoisotopic (exact) mass is 264 g/mol. The first kappa shape index (κ1) is 13.7. The molecular formula is C15H20O4. The minimum atomic E-state index is -0.0128. The maximum atomic E-state index is 5.78. The van der Waals surface area contributed by atoms with E-state index < -0.39 is 0 Å². The van der Waals surface area contributed by atoms with E-state index in [0.29, 0.717) is 23.9 Å². The molecular weight excluding hydrogens is 244 g/mol. The summed E-state index contributed by atoms with van der Waals surface area (Å²) in [4.78, 5) is 0. The summed E-state index contributed by atoms with van der Waals surface area (Å²) >= 11 is 0. The number of benzene rings is 1. The predicted molar refractivity (Wildman–Crippen MR) is 73.1 cm³/mol. The van der Waals surface area contributed by atoms with E-state index in [-0.39, 0.29) is 12.0 Å². The third-order valence-corrected chi connectivity index (χ3v) is 3.56. The molecule has 4 nitrogen and oxygen atoms in total. The molecule has 1 fully saturated rings. The fourth-order valence-corrected chi connectivity index (χ4v) is 2.34. The van der Waals surface area contributed by atoms with Crippen molar-refractivity contribution in [3.8, 4) is 17.2 Å². The van der Waals surface area contributed by atoms with Gasteiger partial charge in [0.25, 0.3) is 0 Å². The van der Waals surface area contributed by atoms with Gasteiger partial charge in [0.2, 0.25) is 5.75 Å². The second-order valence-corrected chi connectivity index (χ2v) is 4.64. The molecule has 1 aromatic rings. The van der Waals surface area contributed by atoms with Gasteiger partial charge in [0.15, 0.2) is 11.5 Å². The summed E-state index contributed by atoms with van der Waals surface area (Å²) in [5.74, 6) is 2.16. The molecule has 1 heterocycles. The van der Waals surface area contributed by atoms with Gasteiger partial charge in [0.05, 0.1) is 34.0 Å². The predicted octanol–water partition coefficient (Wildman–Crippen LogP) is 2.98. The van der Waals surface area contributed by atoms with Crippen LogP contribution in [-0.2, 0) is 4.74 Å². The number of ether oxygens (including phenoxy) is 4. The summed E-state index contributed by atoms with van der Waals surface area (Å²) in [5, 5.41) is 0. The first-order chi connectivity index (χ1) is 9.12. The zero-order valence-corrected chi connectivity index (χ0v) is 11.9. The summed E-state index contributed by atoms with van der Waals surface area (Å²) in [6, 6.07) is 3.86. The van der Waals surface area contributed by atoms with Crippen LogP contribution in [0.3, 0.4) is 0 Å². The van der Waals surface area contributed by atoms with Gasteiger partial charge in [0, 0.05) is 5.92 Å². The van der Waals surface area contributed by atoms with Crippen molar-refractivity contribution in [2.45, 2.75) is 13.0 Å². The van der Waals surface area contributed by atoms with E-state index in [0.717, 1.165) is 11.1 Å². The fourth-order valence-electron chi connectivity index (χ4n) is 2.34. The molecule has 0 bridgehead atoms. The number of rotatable bonds is 4. The van der Waals surface area contributed by atoms with Crippen LogP contribution in [0, 0.1) is 5.92 Å². The first-order valence-corrected chi connectivity index (χ1v) is 6.21. The van der Waals surface area contributed by atoms with Crippen LogP contribution in [0.25, 0.3) is 0 Å². The van der Waals surface area contributed by atoms with Gasteiger partial charge in [-0.1, -0.05) is 13.5 Å². The SMILES string of the molecule is C=C1CO[C@H](c2cc(OC)c(OC)c(OC)c2)[C@H]1C. The lowest BCUT2D eigenvalue weighted by Crippen LogP contribution is -2.06. The Bertz CT molecular complexity index is 456. The van der Waals surface area contributed by atoms with E-state index in [2.05, 4.69) is 13.5 Å². The molecule has 2 atom stereocenters. The van der Waals surface area contributed by atoms with Crippen LogP contribution >= 0.6 is 0 Å². The van der Waals surface area contributed by atoms with Gasteiger partial charge in [-0.3, -0.25) is 0 Å². The summed E-state index contributed by atoms with van der Waals surface area (Å²) in [6.07, 6.45) is -0.0128. The minimum Gasteiger partial charge on any atom is -0.493 e. The first-order valence-electron chi connectivity index (χ1n) is 6.21. The Hall–Kier alpha value is -1.68. The summed E-state index contributed by atoms with van der Waals surface area (Å²) < 4.78 is 21.8. The normalized spacial score (nSPS) is 22.4. The summed E-state index contributed by atoms with van der Waals surface area (Å²) in [5.41, 5.74) is 2.12. The maximum absolute atomic E-state index is 5.78. The second-order valence-electron chi connectivity index (χ2n) is 4.64. The molecule has 1 aromatic carbocycles. The molecule has 0 N–H and O–H groups in total. The summed E-state index contributed by atoms with van der Waals surface area (Å²) in [6.45, 7) is 6.73. The zero-order chi connectivity index (χ0) is 14.0. The van der Waals surface area contributed by atoms with Crippen LogP contribution in [0.4, 0.5) is 0 Å². The average Bonchev–Trinajstić information content (AvgIpc) is 2.77. The molecule has 0 unspecified atom stereocenters. The van der Waals surface area contributed by atoms with Crippen LogP contribution in [0.5, 0.6) is 17.2 Å². The lowest BCUT2D eigenvalue weighted by molar-refractivity contribution is 0.0945. The molecule has 19 heavy (non-hydrogen) atoms. The highest BCUT2D eigenvalue weighted by Gasteiger charge is 2.30. The highest BCUT2D eigenvalue weighted by molar-refractivity contribution is 5.54. The summed E-state index contributed by atoms with van der Waals surface area (Å²) in [7, 11) is 4.81. The van der Waals surface area contributed by atoms with Gasteiger partial charge in [-0.25, -0.2) is 0 Å². The molecule has 0 saturated carbocycles. The maximum Gasteiger partial charge on any atom is 0.203 e. The average molecular weight is 264 g/mol. The van der Waals surface area contributed by atoms with Gasteiger partial charge in [-0.15, -0.1) is 0 Å². The van der Waals surface area contributed by atoms with Crippen LogP contribution in [0.15, 0.2) is 24.3 Å². The Morgan fingerprint density at radius 1 is 1.11 bits per heavy atom. The Labute approximate surface area is 113 Å². The third-order valence-electron chi connectivity index (χ3n) is 3.56. The molecule has 104 valence electrons. The molecule has 0 aromatic heterocycles. The number of methoxy groups -OCH3 is 3. The van der Waals surface area contributed by atoms with Crippen molar-refractivity contribution in [3.05, 3.63) is 29.8 Å². The molecule has 0 radical (unpaired) electrons. The minimum absolute atomic E-state index is 0.0128. The van der Waals surface area contributed by atoms with Crippen LogP contribution in [0.1, 0.15) is 18.6 Å². The van der Waals surface area contributed by atoms with Crippen molar-refractivity contribution in [3.63, 3.8) is 0 Å². The Kier molecular flexibility index (Phi) is 4.00. The Morgan fingerprint density at radius 3 is 2.05 bits per heavy atom. The molecule has 1 aliphatic rings. The van der Waals surface area contributed by atoms with Crippen molar-refractivity contribution in [2.24, 2.45) is 5.92 Å². The van der Waals surface area contributed by atoms with E-state index >= 15 is 0 Å². The lowest BCUT2D eigenvalue weighted by Gasteiger charge is -2.19. The van der Waals surface area contributed by atoms with Gasteiger partial charge >= 0.3 is 0 Å². The third kappa shape index (κ3) is 2.40. The van der Waals surface area contributed by atoms with Crippen molar-refractivity contribution >= 4 is 0 Å². The van der Waals surface area contributed by atoms with E-state index in [1.165, 1.54) is 0 Å². The molecule has 2 rings (SSSR count). The van der Waals surface area contributed by atoms with Crippen molar-refractivity contribution in [2.75, 3.05) is 27.9 Å². The van der Waals surface area contributed by atoms with Gasteiger partial charge in [-0.2, -0.15) is 0 Å². The molecule has 4 heteroatoms. The van der Waals surface area contributed by atoms with Gasteiger partial charge in [0.1, 0.15) is 0 Å². The van der Waals surface area contributed by atoms with Gasteiger partial charge in [-0.05, 0) is 23.3 Å². The Balaban J connectivity index is 2.44. The molecule has 0 aliphatic carbocycles. The van der Waals surface area contributed by atoms with Crippen molar-refractivity contribution < 1.29 is 18.9 Å². The topological polar surface area (TPSA) is 36.9 Å². The second kappa shape index (κ2) is 5.53. The van der Waals surface area contributed by atoms with Gasteiger partial charge < -0.3 is 18.9 Å². The molecule has 1 saturated heterocycles. The van der Waals surface area contributed by atoms with E-state index in [1.807, 2.05) is 12.1 Å². The number of hydrogen-bond donors (Lipinski definition) is 0. The lowest BCUT2D eigenvalue weighted by atomic mass is 9.94. The van der Waals surface area contributed by atoms with E-state index in [1.54, 1.807) is 21.3 Å². The van der Waals surface area contributed by atoms with Crippen LogP contribution in [0.2, 0.25) is 0 Å². The van der Waals surface area contributed by atoms with E-state index in [9.17, 15) is 0 Å². The standard InChI is InChI=1S/C15H20O4/c1-9-8-19-14(10(9)2)11-6-12(16-3)15(18-5)13(7-11)17-4/h6-7,10,14H,1,8H2,2-5H3/t10-,14-/m0/s1. The van der Waals surface area contributed by atoms with Crippen LogP contribution < -0.4 is 14.2 Å². The van der Waals surface area contributed by atoms with Crippen molar-refractivity contribution in [1.82, 2.24) is 0 Å². The number of hydrogen-bond acceptors (Lipinski definition) is 4. The quantitative estimate of drug-likeness (QED) is 0.783.